The van der Waals surface area contributed by atoms with Gasteiger partial charge in [0.25, 0.3) is 0 Å². The quantitative estimate of drug-likeness (QED) is 0.795. The molecule has 19 heavy (non-hydrogen) atoms. The first-order chi connectivity index (χ1) is 8.89. The van der Waals surface area contributed by atoms with E-state index in [4.69, 9.17) is 0 Å². The van der Waals surface area contributed by atoms with Gasteiger partial charge in [-0.15, -0.1) is 0 Å². The fourth-order valence-electron chi connectivity index (χ4n) is 1.86. The summed E-state index contributed by atoms with van der Waals surface area (Å²) in [6, 6.07) is 6.00. The molecule has 0 aliphatic carbocycles. The molecule has 106 valence electrons. The lowest BCUT2D eigenvalue weighted by Gasteiger charge is -2.32. The highest BCUT2D eigenvalue weighted by atomic mass is 19.1. The number of rotatable bonds is 7. The number of aliphatic carboxylic acids is 1. The molecule has 0 saturated carbocycles. The summed E-state index contributed by atoms with van der Waals surface area (Å²) in [5.41, 5.74) is -0.244. The van der Waals surface area contributed by atoms with Crippen LogP contribution in [0.1, 0.15) is 20.3 Å². The van der Waals surface area contributed by atoms with Gasteiger partial charge in [0.05, 0.1) is 0 Å². The number of carboxylic acid groups (broad SMARTS) is 1. The van der Waals surface area contributed by atoms with Crippen molar-refractivity contribution in [1.29, 1.82) is 0 Å². The van der Waals surface area contributed by atoms with E-state index in [-0.39, 0.29) is 5.82 Å². The summed E-state index contributed by atoms with van der Waals surface area (Å²) in [7, 11) is 1.79. The topological polar surface area (TPSA) is 52.6 Å². The maximum atomic E-state index is 12.9. The molecule has 1 atom stereocenters. The van der Waals surface area contributed by atoms with Gasteiger partial charge >= 0.3 is 5.97 Å². The molecule has 0 bridgehead atoms. The first-order valence-corrected chi connectivity index (χ1v) is 6.34. The molecule has 0 aliphatic rings. The Hall–Kier alpha value is -1.62. The van der Waals surface area contributed by atoms with Crippen LogP contribution in [-0.2, 0) is 4.79 Å². The van der Waals surface area contributed by atoms with Crippen molar-refractivity contribution in [2.24, 2.45) is 0 Å². The molecule has 0 saturated heterocycles. The summed E-state index contributed by atoms with van der Waals surface area (Å²) in [6.07, 6.45) is 0.864. The Morgan fingerprint density at radius 1 is 1.42 bits per heavy atom. The van der Waals surface area contributed by atoms with E-state index in [1.807, 2.05) is 6.92 Å². The third-order valence-corrected chi connectivity index (χ3v) is 3.06. The number of likely N-dealkylation sites (N-methyl/N-ethyl adjacent to an activating group) is 1. The number of hydrogen-bond acceptors (Lipinski definition) is 3. The van der Waals surface area contributed by atoms with Crippen molar-refractivity contribution < 1.29 is 14.3 Å². The molecule has 0 aliphatic heterocycles. The number of hydrogen-bond donors (Lipinski definition) is 2. The Labute approximate surface area is 113 Å². The molecule has 4 nitrogen and oxygen atoms in total. The second kappa shape index (κ2) is 6.52. The standard InChI is InChI=1S/C14H21FN2O2/c1-4-9-16-14(2,13(18)19)10-17(3)12-7-5-11(15)6-8-12/h5-8,16H,4,9-10H2,1-3H3,(H,18,19). The van der Waals surface area contributed by atoms with Crippen LogP contribution in [0.2, 0.25) is 0 Å². The summed E-state index contributed by atoms with van der Waals surface area (Å²) >= 11 is 0. The average Bonchev–Trinajstić information content (AvgIpc) is 2.36. The molecule has 0 spiro atoms. The van der Waals surface area contributed by atoms with Crippen molar-refractivity contribution in [3.05, 3.63) is 30.1 Å². The summed E-state index contributed by atoms with van der Waals surface area (Å²) in [5, 5.41) is 12.4. The smallest absolute Gasteiger partial charge is 0.325 e. The number of nitrogens with one attached hydrogen (secondary N) is 1. The van der Waals surface area contributed by atoms with Gasteiger partial charge in [0, 0.05) is 19.3 Å². The van der Waals surface area contributed by atoms with Gasteiger partial charge in [-0.3, -0.25) is 4.79 Å². The monoisotopic (exact) mass is 268 g/mol. The van der Waals surface area contributed by atoms with E-state index in [0.717, 1.165) is 12.1 Å². The molecule has 1 unspecified atom stereocenters. The molecule has 2 N–H and O–H groups in total. The highest BCUT2D eigenvalue weighted by Crippen LogP contribution is 2.16. The van der Waals surface area contributed by atoms with Gasteiger partial charge in [-0.25, -0.2) is 4.39 Å². The lowest BCUT2D eigenvalue weighted by atomic mass is 10.0. The molecule has 0 fully saturated rings. The summed E-state index contributed by atoms with van der Waals surface area (Å²) < 4.78 is 12.9. The van der Waals surface area contributed by atoms with Crippen molar-refractivity contribution in [3.8, 4) is 0 Å². The maximum absolute atomic E-state index is 12.9. The Balaban J connectivity index is 2.78. The zero-order chi connectivity index (χ0) is 14.5. The average molecular weight is 268 g/mol. The fourth-order valence-corrected chi connectivity index (χ4v) is 1.86. The van der Waals surface area contributed by atoms with Crippen LogP contribution in [0, 0.1) is 5.82 Å². The van der Waals surface area contributed by atoms with Crippen LogP contribution in [0.4, 0.5) is 10.1 Å². The maximum Gasteiger partial charge on any atom is 0.325 e. The number of anilines is 1. The van der Waals surface area contributed by atoms with E-state index in [2.05, 4.69) is 5.32 Å². The molecule has 1 rings (SSSR count). The largest absolute Gasteiger partial charge is 0.480 e. The summed E-state index contributed by atoms with van der Waals surface area (Å²) in [6.45, 7) is 4.58. The van der Waals surface area contributed by atoms with Gasteiger partial charge < -0.3 is 15.3 Å². The van der Waals surface area contributed by atoms with E-state index in [9.17, 15) is 14.3 Å². The van der Waals surface area contributed by atoms with Crippen LogP contribution >= 0.6 is 0 Å². The van der Waals surface area contributed by atoms with Gasteiger partial charge in [0.2, 0.25) is 0 Å². The van der Waals surface area contributed by atoms with Crippen LogP contribution in [0.25, 0.3) is 0 Å². The first kappa shape index (κ1) is 15.4. The zero-order valence-electron chi connectivity index (χ0n) is 11.6. The third kappa shape index (κ3) is 4.21. The van der Waals surface area contributed by atoms with Crippen molar-refractivity contribution >= 4 is 11.7 Å². The molecule has 5 heteroatoms. The number of carbonyl (C=O) groups is 1. The fraction of sp³-hybridized carbons (Fsp3) is 0.500. The predicted molar refractivity (Wildman–Crippen MR) is 74.0 cm³/mol. The molecule has 0 aromatic heterocycles. The Bertz CT molecular complexity index is 422. The van der Waals surface area contributed by atoms with Crippen LogP contribution in [0.5, 0.6) is 0 Å². The minimum atomic E-state index is -1.03. The highest BCUT2D eigenvalue weighted by molar-refractivity contribution is 5.79. The van der Waals surface area contributed by atoms with Gasteiger partial charge in [-0.1, -0.05) is 6.92 Å². The molecular formula is C14H21FN2O2. The van der Waals surface area contributed by atoms with Gasteiger partial charge in [-0.2, -0.15) is 0 Å². The lowest BCUT2D eigenvalue weighted by molar-refractivity contribution is -0.143. The molecule has 0 amide bonds. The van der Waals surface area contributed by atoms with Crippen molar-refractivity contribution in [2.75, 3.05) is 25.0 Å². The Kier molecular flexibility index (Phi) is 5.30. The molecule has 1 aromatic rings. The second-order valence-corrected chi connectivity index (χ2v) is 4.90. The summed E-state index contributed by atoms with van der Waals surface area (Å²) in [4.78, 5) is 13.2. The van der Waals surface area contributed by atoms with Gasteiger partial charge in [-0.05, 0) is 44.2 Å². The van der Waals surface area contributed by atoms with Crippen molar-refractivity contribution in [2.45, 2.75) is 25.8 Å². The second-order valence-electron chi connectivity index (χ2n) is 4.90. The predicted octanol–water partition coefficient (Wildman–Crippen LogP) is 2.10. The Morgan fingerprint density at radius 3 is 2.47 bits per heavy atom. The minimum Gasteiger partial charge on any atom is -0.480 e. The van der Waals surface area contributed by atoms with E-state index in [0.29, 0.717) is 13.1 Å². The molecular weight excluding hydrogens is 247 g/mol. The zero-order valence-corrected chi connectivity index (χ0v) is 11.6. The first-order valence-electron chi connectivity index (χ1n) is 6.34. The van der Waals surface area contributed by atoms with Gasteiger partial charge in [0.1, 0.15) is 11.4 Å². The number of carboxylic acids is 1. The van der Waals surface area contributed by atoms with Crippen LogP contribution in [-0.4, -0.2) is 36.8 Å². The van der Waals surface area contributed by atoms with Crippen molar-refractivity contribution in [3.63, 3.8) is 0 Å². The van der Waals surface area contributed by atoms with Crippen LogP contribution in [0.15, 0.2) is 24.3 Å². The third-order valence-electron chi connectivity index (χ3n) is 3.06. The van der Waals surface area contributed by atoms with Gasteiger partial charge in [0.15, 0.2) is 0 Å². The van der Waals surface area contributed by atoms with Crippen LogP contribution in [0.3, 0.4) is 0 Å². The summed E-state index contributed by atoms with van der Waals surface area (Å²) in [5.74, 6) is -1.20. The minimum absolute atomic E-state index is 0.300. The van der Waals surface area contributed by atoms with E-state index in [1.54, 1.807) is 31.0 Å². The highest BCUT2D eigenvalue weighted by Gasteiger charge is 2.33. The van der Waals surface area contributed by atoms with E-state index < -0.39 is 11.5 Å². The Morgan fingerprint density at radius 2 is 2.00 bits per heavy atom. The van der Waals surface area contributed by atoms with Crippen molar-refractivity contribution in [1.82, 2.24) is 5.32 Å². The van der Waals surface area contributed by atoms with E-state index >= 15 is 0 Å². The normalized spacial score (nSPS) is 13.9. The number of halogens is 1. The molecule has 1 aromatic carbocycles. The van der Waals surface area contributed by atoms with Crippen LogP contribution < -0.4 is 10.2 Å². The van der Waals surface area contributed by atoms with E-state index in [1.165, 1.54) is 12.1 Å². The molecule has 0 heterocycles. The number of benzene rings is 1. The number of nitrogens with zero attached hydrogens (tertiary/aromatic N) is 1. The lowest BCUT2D eigenvalue weighted by Crippen LogP contribution is -2.56. The SMILES string of the molecule is CCCNC(C)(CN(C)c1ccc(F)cc1)C(=O)O. The molecule has 0 radical (unpaired) electrons.